The zero-order valence-corrected chi connectivity index (χ0v) is 12.4. The number of aromatic amines is 1. The number of hydrogen-bond acceptors (Lipinski definition) is 6. The number of aliphatic carboxylic acids is 1. The van der Waals surface area contributed by atoms with E-state index < -0.39 is 5.97 Å². The molecule has 1 aromatic heterocycles. The SMILES string of the molecule is CCc1cc(O)cc(OC)c1-c1nc(SCC(=O)O)n[nH]1. The first-order valence-corrected chi connectivity index (χ1v) is 7.21. The molecule has 0 amide bonds. The average molecular weight is 309 g/mol. The molecule has 0 radical (unpaired) electrons. The second kappa shape index (κ2) is 6.49. The first kappa shape index (κ1) is 15.2. The van der Waals surface area contributed by atoms with Gasteiger partial charge in [-0.2, -0.15) is 0 Å². The second-order valence-corrected chi connectivity index (χ2v) is 5.13. The van der Waals surface area contributed by atoms with Gasteiger partial charge in [-0.3, -0.25) is 9.89 Å². The van der Waals surface area contributed by atoms with Crippen molar-refractivity contribution in [3.8, 4) is 22.9 Å². The zero-order valence-electron chi connectivity index (χ0n) is 11.6. The van der Waals surface area contributed by atoms with E-state index in [-0.39, 0.29) is 11.5 Å². The molecule has 112 valence electrons. The highest BCUT2D eigenvalue weighted by molar-refractivity contribution is 7.99. The van der Waals surface area contributed by atoms with E-state index in [4.69, 9.17) is 9.84 Å². The van der Waals surface area contributed by atoms with E-state index in [1.807, 2.05) is 6.92 Å². The van der Waals surface area contributed by atoms with Gasteiger partial charge >= 0.3 is 5.97 Å². The van der Waals surface area contributed by atoms with E-state index in [0.29, 0.717) is 28.7 Å². The van der Waals surface area contributed by atoms with E-state index in [9.17, 15) is 9.90 Å². The number of hydrogen-bond donors (Lipinski definition) is 3. The number of carboxylic acid groups (broad SMARTS) is 1. The lowest BCUT2D eigenvalue weighted by molar-refractivity contribution is -0.133. The van der Waals surface area contributed by atoms with Gasteiger partial charge in [-0.25, -0.2) is 4.98 Å². The average Bonchev–Trinajstić information content (AvgIpc) is 2.92. The number of nitrogens with one attached hydrogen (secondary N) is 1. The van der Waals surface area contributed by atoms with Gasteiger partial charge < -0.3 is 14.9 Å². The monoisotopic (exact) mass is 309 g/mol. The molecular weight excluding hydrogens is 294 g/mol. The van der Waals surface area contributed by atoms with Crippen LogP contribution in [0.1, 0.15) is 12.5 Å². The lowest BCUT2D eigenvalue weighted by Crippen LogP contribution is -1.98. The molecule has 0 unspecified atom stereocenters. The summed E-state index contributed by atoms with van der Waals surface area (Å²) in [5.41, 5.74) is 1.57. The van der Waals surface area contributed by atoms with E-state index in [1.54, 1.807) is 6.07 Å². The molecule has 0 fully saturated rings. The number of thioether (sulfide) groups is 1. The number of methoxy groups -OCH3 is 1. The Morgan fingerprint density at radius 1 is 1.48 bits per heavy atom. The van der Waals surface area contributed by atoms with Crippen LogP contribution in [0.15, 0.2) is 17.3 Å². The third-order valence-electron chi connectivity index (χ3n) is 2.80. The summed E-state index contributed by atoms with van der Waals surface area (Å²) in [6.45, 7) is 1.95. The summed E-state index contributed by atoms with van der Waals surface area (Å²) in [6.07, 6.45) is 0.679. The topological polar surface area (TPSA) is 108 Å². The quantitative estimate of drug-likeness (QED) is 0.699. The maximum absolute atomic E-state index is 10.6. The van der Waals surface area contributed by atoms with Crippen molar-refractivity contribution in [3.63, 3.8) is 0 Å². The molecule has 0 aliphatic rings. The van der Waals surface area contributed by atoms with Gasteiger partial charge in [0.15, 0.2) is 5.82 Å². The Morgan fingerprint density at radius 2 is 2.24 bits per heavy atom. The maximum Gasteiger partial charge on any atom is 0.313 e. The van der Waals surface area contributed by atoms with Crippen LogP contribution < -0.4 is 4.74 Å². The third kappa shape index (κ3) is 3.46. The van der Waals surface area contributed by atoms with Crippen molar-refractivity contribution in [2.45, 2.75) is 18.5 Å². The summed E-state index contributed by atoms with van der Waals surface area (Å²) in [4.78, 5) is 14.8. The van der Waals surface area contributed by atoms with Crippen molar-refractivity contribution < 1.29 is 19.7 Å². The van der Waals surface area contributed by atoms with Crippen molar-refractivity contribution in [2.75, 3.05) is 12.9 Å². The lowest BCUT2D eigenvalue weighted by atomic mass is 10.0. The number of carbonyl (C=O) groups is 1. The summed E-state index contributed by atoms with van der Waals surface area (Å²) in [7, 11) is 1.51. The second-order valence-electron chi connectivity index (χ2n) is 4.18. The summed E-state index contributed by atoms with van der Waals surface area (Å²) < 4.78 is 5.28. The number of phenols is 1. The molecule has 0 saturated heterocycles. The molecule has 2 rings (SSSR count). The standard InChI is InChI=1S/C13H15N3O4S/c1-3-7-4-8(17)5-9(20-2)11(7)12-14-13(16-15-12)21-6-10(18)19/h4-5,17H,3,6H2,1-2H3,(H,18,19)(H,14,15,16). The Balaban J connectivity index is 2.39. The van der Waals surface area contributed by atoms with Gasteiger partial charge in [0.1, 0.15) is 11.5 Å². The minimum Gasteiger partial charge on any atom is -0.508 e. The number of ether oxygens (including phenoxy) is 1. The van der Waals surface area contributed by atoms with E-state index in [1.165, 1.54) is 13.2 Å². The smallest absolute Gasteiger partial charge is 0.313 e. The number of phenolic OH excluding ortho intramolecular Hbond substituents is 1. The fraction of sp³-hybridized carbons (Fsp3) is 0.308. The van der Waals surface area contributed by atoms with E-state index in [0.717, 1.165) is 17.3 Å². The van der Waals surface area contributed by atoms with Gasteiger partial charge in [0.25, 0.3) is 0 Å². The molecule has 0 aliphatic heterocycles. The van der Waals surface area contributed by atoms with Crippen LogP contribution in [0.3, 0.4) is 0 Å². The number of benzene rings is 1. The molecule has 2 aromatic rings. The van der Waals surface area contributed by atoms with E-state index in [2.05, 4.69) is 15.2 Å². The highest BCUT2D eigenvalue weighted by Crippen LogP contribution is 2.35. The normalized spacial score (nSPS) is 10.6. The molecule has 0 aliphatic carbocycles. The molecular formula is C13H15N3O4S. The minimum atomic E-state index is -0.928. The zero-order chi connectivity index (χ0) is 15.4. The van der Waals surface area contributed by atoms with Gasteiger partial charge in [-0.05, 0) is 18.1 Å². The van der Waals surface area contributed by atoms with Crippen LogP contribution in [-0.2, 0) is 11.2 Å². The first-order chi connectivity index (χ1) is 10.0. The fourth-order valence-electron chi connectivity index (χ4n) is 1.91. The predicted molar refractivity (Wildman–Crippen MR) is 77.8 cm³/mol. The lowest BCUT2D eigenvalue weighted by Gasteiger charge is -2.11. The summed E-state index contributed by atoms with van der Waals surface area (Å²) in [6, 6.07) is 3.14. The summed E-state index contributed by atoms with van der Waals surface area (Å²) in [5.74, 6) is 0.0506. The van der Waals surface area contributed by atoms with Gasteiger partial charge in [-0.15, -0.1) is 5.10 Å². The van der Waals surface area contributed by atoms with Crippen LogP contribution >= 0.6 is 11.8 Å². The van der Waals surface area contributed by atoms with Crippen LogP contribution in [0.25, 0.3) is 11.4 Å². The maximum atomic E-state index is 10.6. The van der Waals surface area contributed by atoms with Crippen LogP contribution in [0.4, 0.5) is 0 Å². The first-order valence-electron chi connectivity index (χ1n) is 6.22. The van der Waals surface area contributed by atoms with Crippen molar-refractivity contribution in [1.82, 2.24) is 15.2 Å². The molecule has 21 heavy (non-hydrogen) atoms. The van der Waals surface area contributed by atoms with Crippen LogP contribution in [0.5, 0.6) is 11.5 Å². The Labute approximate surface area is 125 Å². The van der Waals surface area contributed by atoms with Crippen LogP contribution in [0.2, 0.25) is 0 Å². The number of nitrogens with zero attached hydrogens (tertiary/aromatic N) is 2. The molecule has 1 heterocycles. The van der Waals surface area contributed by atoms with Gasteiger partial charge in [0.2, 0.25) is 5.16 Å². The number of carboxylic acids is 1. The van der Waals surface area contributed by atoms with Crippen molar-refractivity contribution in [3.05, 3.63) is 17.7 Å². The number of aromatic hydroxyl groups is 1. The van der Waals surface area contributed by atoms with Crippen LogP contribution in [-0.4, -0.2) is 44.2 Å². The number of rotatable bonds is 6. The Hall–Kier alpha value is -2.22. The fourth-order valence-corrected chi connectivity index (χ4v) is 2.43. The van der Waals surface area contributed by atoms with Crippen molar-refractivity contribution >= 4 is 17.7 Å². The Kier molecular flexibility index (Phi) is 4.69. The predicted octanol–water partition coefficient (Wildman–Crippen LogP) is 1.92. The van der Waals surface area contributed by atoms with E-state index >= 15 is 0 Å². The molecule has 3 N–H and O–H groups in total. The van der Waals surface area contributed by atoms with Crippen molar-refractivity contribution in [2.24, 2.45) is 0 Å². The van der Waals surface area contributed by atoms with Crippen molar-refractivity contribution in [1.29, 1.82) is 0 Å². The summed E-state index contributed by atoms with van der Waals surface area (Å²) in [5, 5.41) is 25.5. The van der Waals surface area contributed by atoms with Gasteiger partial charge in [0.05, 0.1) is 18.4 Å². The molecule has 1 aromatic carbocycles. The Morgan fingerprint density at radius 3 is 2.86 bits per heavy atom. The minimum absolute atomic E-state index is 0.107. The van der Waals surface area contributed by atoms with Gasteiger partial charge in [0, 0.05) is 6.07 Å². The Bertz CT molecular complexity index is 632. The molecule has 0 spiro atoms. The number of H-pyrrole nitrogens is 1. The number of aryl methyl sites for hydroxylation is 1. The molecule has 0 atom stereocenters. The van der Waals surface area contributed by atoms with Crippen LogP contribution in [0, 0.1) is 0 Å². The summed E-state index contributed by atoms with van der Waals surface area (Å²) >= 11 is 1.03. The molecule has 0 bridgehead atoms. The molecule has 8 heteroatoms. The highest BCUT2D eigenvalue weighted by Gasteiger charge is 2.17. The third-order valence-corrected chi connectivity index (χ3v) is 3.63. The molecule has 0 saturated carbocycles. The van der Waals surface area contributed by atoms with Gasteiger partial charge in [-0.1, -0.05) is 18.7 Å². The molecule has 7 nitrogen and oxygen atoms in total. The number of aromatic nitrogens is 3. The largest absolute Gasteiger partial charge is 0.508 e. The highest BCUT2D eigenvalue weighted by atomic mass is 32.2.